The van der Waals surface area contributed by atoms with Crippen LogP contribution in [0, 0.1) is 18.6 Å². The van der Waals surface area contributed by atoms with Crippen LogP contribution < -0.4 is 11.5 Å². The first kappa shape index (κ1) is 17.2. The van der Waals surface area contributed by atoms with Crippen molar-refractivity contribution in [2.24, 2.45) is 0 Å². The predicted octanol–water partition coefficient (Wildman–Crippen LogP) is 4.96. The molecule has 0 atom stereocenters. The Kier molecular flexibility index (Phi) is 3.96. The summed E-state index contributed by atoms with van der Waals surface area (Å²) in [6.07, 6.45) is 3.08. The number of hydrogen-bond donors (Lipinski definition) is 2. The molecule has 0 saturated carbocycles. The predicted molar refractivity (Wildman–Crippen MR) is 101 cm³/mol. The summed E-state index contributed by atoms with van der Waals surface area (Å²) in [5, 5.41) is -0.224. The molecular weight excluding hydrogens is 374 g/mol. The maximum absolute atomic E-state index is 14.6. The highest BCUT2D eigenvalue weighted by molar-refractivity contribution is 6.31. The summed E-state index contributed by atoms with van der Waals surface area (Å²) in [7, 11) is 0. The number of hydrogen-bond acceptors (Lipinski definition) is 5. The molecular formula is C19H13ClF2N4O. The number of halogens is 3. The largest absolute Gasteiger partial charge is 0.436 e. The molecule has 0 spiro atoms. The standard InChI is InChI=1S/C19H13ClF2N4O/c1-8-6-9(4-5-25-8)17-18-13(16(23)19(24)27-18)11(7-26-17)10-2-3-12(21)14(20)15(10)22/h2-7H,23-24H2,1H3. The fraction of sp³-hybridized carbons (Fsp3) is 0.0526. The zero-order valence-electron chi connectivity index (χ0n) is 14.1. The number of fused-ring (bicyclic) bond motifs is 1. The number of pyridine rings is 2. The van der Waals surface area contributed by atoms with Gasteiger partial charge >= 0.3 is 0 Å². The third kappa shape index (κ3) is 2.67. The third-order valence-corrected chi connectivity index (χ3v) is 4.62. The molecule has 27 heavy (non-hydrogen) atoms. The van der Waals surface area contributed by atoms with E-state index in [-0.39, 0.29) is 17.1 Å². The lowest BCUT2D eigenvalue weighted by Gasteiger charge is -2.09. The highest BCUT2D eigenvalue weighted by Crippen LogP contribution is 2.43. The van der Waals surface area contributed by atoms with E-state index in [2.05, 4.69) is 9.97 Å². The van der Waals surface area contributed by atoms with Gasteiger partial charge in [0.1, 0.15) is 22.2 Å². The fourth-order valence-electron chi connectivity index (χ4n) is 2.98. The normalized spacial score (nSPS) is 11.3. The number of aromatic nitrogens is 2. The first-order valence-corrected chi connectivity index (χ1v) is 8.29. The van der Waals surface area contributed by atoms with Crippen molar-refractivity contribution >= 4 is 34.1 Å². The second-order valence-electron chi connectivity index (χ2n) is 6.01. The van der Waals surface area contributed by atoms with E-state index in [9.17, 15) is 8.78 Å². The fourth-order valence-corrected chi connectivity index (χ4v) is 3.15. The van der Waals surface area contributed by atoms with Crippen LogP contribution in [-0.2, 0) is 0 Å². The smallest absolute Gasteiger partial charge is 0.215 e. The Hall–Kier alpha value is -3.19. The number of aryl methyl sites for hydroxylation is 1. The molecule has 0 radical (unpaired) electrons. The van der Waals surface area contributed by atoms with Gasteiger partial charge in [0.05, 0.1) is 5.39 Å². The second-order valence-corrected chi connectivity index (χ2v) is 6.39. The van der Waals surface area contributed by atoms with Crippen LogP contribution in [0.25, 0.3) is 33.4 Å². The molecule has 8 heteroatoms. The average Bonchev–Trinajstić information content (AvgIpc) is 2.95. The van der Waals surface area contributed by atoms with E-state index in [1.807, 2.05) is 13.0 Å². The van der Waals surface area contributed by atoms with Gasteiger partial charge < -0.3 is 15.9 Å². The summed E-state index contributed by atoms with van der Waals surface area (Å²) in [4.78, 5) is 8.56. The molecule has 3 heterocycles. The number of rotatable bonds is 2. The highest BCUT2D eigenvalue weighted by Gasteiger charge is 2.23. The van der Waals surface area contributed by atoms with Gasteiger partial charge in [-0.25, -0.2) is 8.78 Å². The van der Waals surface area contributed by atoms with Gasteiger partial charge in [0.25, 0.3) is 0 Å². The van der Waals surface area contributed by atoms with E-state index in [0.717, 1.165) is 17.3 Å². The first-order chi connectivity index (χ1) is 12.9. The molecule has 0 aliphatic carbocycles. The molecule has 0 saturated heterocycles. The lowest BCUT2D eigenvalue weighted by atomic mass is 10.00. The molecule has 4 aromatic rings. The van der Waals surface area contributed by atoms with Gasteiger partial charge in [-0.1, -0.05) is 11.6 Å². The topological polar surface area (TPSA) is 91.0 Å². The molecule has 0 fully saturated rings. The number of benzene rings is 1. The van der Waals surface area contributed by atoms with Crippen LogP contribution in [0.1, 0.15) is 5.69 Å². The summed E-state index contributed by atoms with van der Waals surface area (Å²) in [5.74, 6) is -1.78. The molecule has 3 aromatic heterocycles. The lowest BCUT2D eigenvalue weighted by molar-refractivity contribution is 0.586. The van der Waals surface area contributed by atoms with Crippen LogP contribution in [0.2, 0.25) is 5.02 Å². The van der Waals surface area contributed by atoms with Crippen LogP contribution in [0.5, 0.6) is 0 Å². The van der Waals surface area contributed by atoms with Crippen molar-refractivity contribution in [3.05, 3.63) is 59.0 Å². The molecule has 0 amide bonds. The minimum Gasteiger partial charge on any atom is -0.436 e. The van der Waals surface area contributed by atoms with Gasteiger partial charge in [-0.05, 0) is 31.2 Å². The van der Waals surface area contributed by atoms with Gasteiger partial charge in [-0.15, -0.1) is 0 Å². The summed E-state index contributed by atoms with van der Waals surface area (Å²) in [6, 6.07) is 5.93. The summed E-state index contributed by atoms with van der Waals surface area (Å²) >= 11 is 5.72. The van der Waals surface area contributed by atoms with E-state index in [1.54, 1.807) is 12.3 Å². The Bertz CT molecular complexity index is 1210. The van der Waals surface area contributed by atoms with Crippen molar-refractivity contribution in [3.8, 4) is 22.4 Å². The number of nitrogen functional groups attached to an aromatic ring is 2. The molecule has 136 valence electrons. The minimum absolute atomic E-state index is 0.0140. The molecule has 0 aliphatic heterocycles. The third-order valence-electron chi connectivity index (χ3n) is 4.28. The van der Waals surface area contributed by atoms with Crippen LogP contribution in [0.3, 0.4) is 0 Å². The zero-order chi connectivity index (χ0) is 19.3. The lowest BCUT2D eigenvalue weighted by Crippen LogP contribution is -1.95. The molecule has 0 unspecified atom stereocenters. The Morgan fingerprint density at radius 1 is 1.07 bits per heavy atom. The Labute approximate surface area is 157 Å². The minimum atomic E-state index is -0.911. The molecule has 4 N–H and O–H groups in total. The maximum Gasteiger partial charge on any atom is 0.215 e. The average molecular weight is 387 g/mol. The first-order valence-electron chi connectivity index (χ1n) is 7.91. The number of nitrogens with zero attached hydrogens (tertiary/aromatic N) is 2. The van der Waals surface area contributed by atoms with Crippen molar-refractivity contribution < 1.29 is 13.2 Å². The van der Waals surface area contributed by atoms with E-state index in [1.165, 1.54) is 12.3 Å². The summed E-state index contributed by atoms with van der Waals surface area (Å²) in [6.45, 7) is 1.84. The van der Waals surface area contributed by atoms with Gasteiger partial charge in [0.2, 0.25) is 5.88 Å². The number of nitrogens with two attached hydrogens (primary N) is 2. The monoisotopic (exact) mass is 386 g/mol. The molecule has 0 aliphatic rings. The van der Waals surface area contributed by atoms with E-state index < -0.39 is 16.7 Å². The SMILES string of the molecule is Cc1cc(-c2ncc(-c3ccc(F)c(Cl)c3F)c3c(N)c(N)oc23)ccn1. The van der Waals surface area contributed by atoms with Crippen molar-refractivity contribution in [1.82, 2.24) is 9.97 Å². The zero-order valence-corrected chi connectivity index (χ0v) is 14.8. The van der Waals surface area contributed by atoms with Gasteiger partial charge in [-0.2, -0.15) is 0 Å². The van der Waals surface area contributed by atoms with Crippen LogP contribution >= 0.6 is 11.6 Å². The molecule has 5 nitrogen and oxygen atoms in total. The van der Waals surface area contributed by atoms with Gasteiger partial charge in [-0.3, -0.25) is 9.97 Å². The van der Waals surface area contributed by atoms with Crippen molar-refractivity contribution in [2.75, 3.05) is 11.5 Å². The highest BCUT2D eigenvalue weighted by atomic mass is 35.5. The summed E-state index contributed by atoms with van der Waals surface area (Å²) < 4.78 is 33.7. The van der Waals surface area contributed by atoms with Crippen molar-refractivity contribution in [3.63, 3.8) is 0 Å². The number of anilines is 2. The van der Waals surface area contributed by atoms with Crippen LogP contribution in [0.15, 0.2) is 41.1 Å². The van der Waals surface area contributed by atoms with E-state index in [0.29, 0.717) is 22.2 Å². The Morgan fingerprint density at radius 3 is 2.59 bits per heavy atom. The van der Waals surface area contributed by atoms with E-state index in [4.69, 9.17) is 27.5 Å². The maximum atomic E-state index is 14.6. The summed E-state index contributed by atoms with van der Waals surface area (Å²) in [5.41, 5.74) is 14.7. The molecule has 0 bridgehead atoms. The Balaban J connectivity index is 2.06. The van der Waals surface area contributed by atoms with Crippen molar-refractivity contribution in [2.45, 2.75) is 6.92 Å². The van der Waals surface area contributed by atoms with Crippen molar-refractivity contribution in [1.29, 1.82) is 0 Å². The van der Waals surface area contributed by atoms with Gasteiger partial charge in [0, 0.05) is 34.8 Å². The second kappa shape index (κ2) is 6.21. The molecule has 1 aromatic carbocycles. The van der Waals surface area contributed by atoms with Gasteiger partial charge in [0.15, 0.2) is 11.4 Å². The molecule has 4 rings (SSSR count). The quantitative estimate of drug-likeness (QED) is 0.475. The van der Waals surface area contributed by atoms with E-state index >= 15 is 0 Å². The van der Waals surface area contributed by atoms with Crippen LogP contribution in [0.4, 0.5) is 20.4 Å². The Morgan fingerprint density at radius 2 is 1.85 bits per heavy atom. The van der Waals surface area contributed by atoms with Crippen LogP contribution in [-0.4, -0.2) is 9.97 Å². The number of furan rings is 1.